The second kappa shape index (κ2) is 9.13. The number of nitrogens with one attached hydrogen (secondary N) is 1. The van der Waals surface area contributed by atoms with Gasteiger partial charge in [-0.15, -0.1) is 12.4 Å². The van der Waals surface area contributed by atoms with E-state index in [0.29, 0.717) is 0 Å². The SMILES string of the molecule is COc1cc2c(cc1OC)C(Cc1ccc(-c3ccccc3)cc1)NCC2.Cl. The number of hydrogen-bond acceptors (Lipinski definition) is 3. The lowest BCUT2D eigenvalue weighted by Crippen LogP contribution is -2.31. The van der Waals surface area contributed by atoms with E-state index in [4.69, 9.17) is 9.47 Å². The van der Waals surface area contributed by atoms with Gasteiger partial charge in [0.15, 0.2) is 11.5 Å². The Morgan fingerprint density at radius 3 is 2.18 bits per heavy atom. The Hall–Kier alpha value is -2.49. The van der Waals surface area contributed by atoms with E-state index in [1.807, 2.05) is 6.07 Å². The van der Waals surface area contributed by atoms with Gasteiger partial charge in [-0.3, -0.25) is 0 Å². The molecule has 0 radical (unpaired) electrons. The summed E-state index contributed by atoms with van der Waals surface area (Å²) in [5.74, 6) is 1.61. The highest BCUT2D eigenvalue weighted by Crippen LogP contribution is 2.36. The van der Waals surface area contributed by atoms with Crippen molar-refractivity contribution in [3.05, 3.63) is 83.4 Å². The fraction of sp³-hybridized carbons (Fsp3) is 0.250. The van der Waals surface area contributed by atoms with Crippen LogP contribution in [0.2, 0.25) is 0 Å². The highest BCUT2D eigenvalue weighted by molar-refractivity contribution is 5.85. The molecule has 0 fully saturated rings. The molecule has 28 heavy (non-hydrogen) atoms. The number of fused-ring (bicyclic) bond motifs is 1. The molecule has 3 aromatic carbocycles. The van der Waals surface area contributed by atoms with E-state index in [0.717, 1.165) is 30.9 Å². The van der Waals surface area contributed by atoms with Crippen LogP contribution in [0.25, 0.3) is 11.1 Å². The molecule has 0 aliphatic carbocycles. The van der Waals surface area contributed by atoms with Crippen molar-refractivity contribution in [1.29, 1.82) is 0 Å². The molecule has 0 spiro atoms. The first-order chi connectivity index (χ1) is 13.3. The average molecular weight is 396 g/mol. The maximum atomic E-state index is 5.51. The van der Waals surface area contributed by atoms with E-state index in [-0.39, 0.29) is 18.4 Å². The number of benzene rings is 3. The number of halogens is 1. The molecular formula is C24H26ClNO2. The second-order valence-corrected chi connectivity index (χ2v) is 6.93. The summed E-state index contributed by atoms with van der Waals surface area (Å²) in [4.78, 5) is 0. The van der Waals surface area contributed by atoms with E-state index in [2.05, 4.69) is 66.0 Å². The topological polar surface area (TPSA) is 30.5 Å². The van der Waals surface area contributed by atoms with Crippen molar-refractivity contribution in [3.63, 3.8) is 0 Å². The summed E-state index contributed by atoms with van der Waals surface area (Å²) in [7, 11) is 3.38. The summed E-state index contributed by atoms with van der Waals surface area (Å²) in [6.45, 7) is 0.981. The zero-order valence-electron chi connectivity index (χ0n) is 16.3. The smallest absolute Gasteiger partial charge is 0.161 e. The third-order valence-electron chi connectivity index (χ3n) is 5.31. The minimum Gasteiger partial charge on any atom is -0.493 e. The van der Waals surface area contributed by atoms with Crippen LogP contribution in [-0.4, -0.2) is 20.8 Å². The summed E-state index contributed by atoms with van der Waals surface area (Å²) in [5, 5.41) is 3.66. The van der Waals surface area contributed by atoms with Crippen molar-refractivity contribution in [2.45, 2.75) is 18.9 Å². The first-order valence-electron chi connectivity index (χ1n) is 9.41. The number of methoxy groups -OCH3 is 2. The molecule has 0 saturated heterocycles. The molecule has 3 aromatic rings. The second-order valence-electron chi connectivity index (χ2n) is 6.93. The van der Waals surface area contributed by atoms with Crippen molar-refractivity contribution >= 4 is 12.4 Å². The molecule has 0 amide bonds. The van der Waals surface area contributed by atoms with Gasteiger partial charge in [-0.05, 0) is 59.3 Å². The Bertz CT molecular complexity index is 910. The third-order valence-corrected chi connectivity index (χ3v) is 5.31. The predicted molar refractivity (Wildman–Crippen MR) is 117 cm³/mol. The fourth-order valence-corrected chi connectivity index (χ4v) is 3.85. The first-order valence-corrected chi connectivity index (χ1v) is 9.41. The van der Waals surface area contributed by atoms with Gasteiger partial charge in [-0.25, -0.2) is 0 Å². The van der Waals surface area contributed by atoms with Gasteiger partial charge in [-0.2, -0.15) is 0 Å². The van der Waals surface area contributed by atoms with Crippen molar-refractivity contribution in [2.24, 2.45) is 0 Å². The van der Waals surface area contributed by atoms with Crippen LogP contribution in [0.3, 0.4) is 0 Å². The quantitative estimate of drug-likeness (QED) is 0.642. The summed E-state index contributed by atoms with van der Waals surface area (Å²) in [6, 6.07) is 23.9. The number of ether oxygens (including phenoxy) is 2. The third kappa shape index (κ3) is 4.16. The summed E-state index contributed by atoms with van der Waals surface area (Å²) in [6.07, 6.45) is 1.97. The van der Waals surface area contributed by atoms with E-state index >= 15 is 0 Å². The van der Waals surface area contributed by atoms with Gasteiger partial charge in [0, 0.05) is 6.04 Å². The fourth-order valence-electron chi connectivity index (χ4n) is 3.85. The first kappa shape index (κ1) is 20.2. The molecule has 3 nitrogen and oxygen atoms in total. The van der Waals surface area contributed by atoms with Crippen LogP contribution >= 0.6 is 12.4 Å². The Balaban J connectivity index is 0.00000225. The largest absolute Gasteiger partial charge is 0.493 e. The maximum absolute atomic E-state index is 5.51. The molecule has 1 atom stereocenters. The Kier molecular flexibility index (Phi) is 6.61. The molecule has 1 aliphatic rings. The molecule has 0 bridgehead atoms. The molecule has 0 saturated carbocycles. The van der Waals surface area contributed by atoms with Gasteiger partial charge in [0.25, 0.3) is 0 Å². The van der Waals surface area contributed by atoms with Crippen LogP contribution in [0.15, 0.2) is 66.7 Å². The van der Waals surface area contributed by atoms with E-state index in [9.17, 15) is 0 Å². The molecule has 146 valence electrons. The Labute approximate surface area is 173 Å². The lowest BCUT2D eigenvalue weighted by Gasteiger charge is -2.28. The standard InChI is InChI=1S/C24H25NO2.ClH/c1-26-23-15-20-12-13-25-22(21(20)16-24(23)27-2)14-17-8-10-19(11-9-17)18-6-4-3-5-7-18;/h3-11,15-16,22,25H,12-14H2,1-2H3;1H. The molecule has 1 unspecified atom stereocenters. The molecule has 4 rings (SSSR count). The van der Waals surface area contributed by atoms with Crippen molar-refractivity contribution in [3.8, 4) is 22.6 Å². The molecule has 1 heterocycles. The molecule has 1 aliphatic heterocycles. The summed E-state index contributed by atoms with van der Waals surface area (Å²) in [5.41, 5.74) is 6.49. The summed E-state index contributed by atoms with van der Waals surface area (Å²) >= 11 is 0. The monoisotopic (exact) mass is 395 g/mol. The average Bonchev–Trinajstić information content (AvgIpc) is 2.74. The highest BCUT2D eigenvalue weighted by atomic mass is 35.5. The minimum atomic E-state index is 0. The lowest BCUT2D eigenvalue weighted by atomic mass is 9.89. The Morgan fingerprint density at radius 2 is 1.50 bits per heavy atom. The molecule has 4 heteroatoms. The van der Waals surface area contributed by atoms with Gasteiger partial charge in [-0.1, -0.05) is 54.6 Å². The predicted octanol–water partition coefficient (Wildman–Crippen LogP) is 5.22. The minimum absolute atomic E-state index is 0. The van der Waals surface area contributed by atoms with Gasteiger partial charge in [0.1, 0.15) is 0 Å². The van der Waals surface area contributed by atoms with Crippen LogP contribution in [0.5, 0.6) is 11.5 Å². The van der Waals surface area contributed by atoms with Crippen LogP contribution in [0.1, 0.15) is 22.7 Å². The van der Waals surface area contributed by atoms with Gasteiger partial charge in [0.2, 0.25) is 0 Å². The molecular weight excluding hydrogens is 370 g/mol. The van der Waals surface area contributed by atoms with Crippen molar-refractivity contribution in [2.75, 3.05) is 20.8 Å². The van der Waals surface area contributed by atoms with Gasteiger partial charge < -0.3 is 14.8 Å². The number of rotatable bonds is 5. The Morgan fingerprint density at radius 1 is 0.857 bits per heavy atom. The zero-order chi connectivity index (χ0) is 18.6. The van der Waals surface area contributed by atoms with E-state index in [1.54, 1.807) is 14.2 Å². The van der Waals surface area contributed by atoms with Gasteiger partial charge >= 0.3 is 0 Å². The maximum Gasteiger partial charge on any atom is 0.161 e. The van der Waals surface area contributed by atoms with Crippen molar-refractivity contribution in [1.82, 2.24) is 5.32 Å². The molecule has 1 N–H and O–H groups in total. The van der Waals surface area contributed by atoms with E-state index < -0.39 is 0 Å². The van der Waals surface area contributed by atoms with Gasteiger partial charge in [0.05, 0.1) is 14.2 Å². The highest BCUT2D eigenvalue weighted by Gasteiger charge is 2.22. The van der Waals surface area contributed by atoms with Crippen LogP contribution in [-0.2, 0) is 12.8 Å². The van der Waals surface area contributed by atoms with Crippen LogP contribution < -0.4 is 14.8 Å². The summed E-state index contributed by atoms with van der Waals surface area (Å²) < 4.78 is 11.0. The van der Waals surface area contributed by atoms with Crippen LogP contribution in [0, 0.1) is 0 Å². The normalized spacial score (nSPS) is 15.3. The van der Waals surface area contributed by atoms with Crippen molar-refractivity contribution < 1.29 is 9.47 Å². The van der Waals surface area contributed by atoms with Crippen LogP contribution in [0.4, 0.5) is 0 Å². The van der Waals surface area contributed by atoms with E-state index in [1.165, 1.54) is 27.8 Å². The zero-order valence-corrected chi connectivity index (χ0v) is 17.1. The lowest BCUT2D eigenvalue weighted by molar-refractivity contribution is 0.352. The molecule has 0 aromatic heterocycles. The number of hydrogen-bond donors (Lipinski definition) is 1.